The predicted molar refractivity (Wildman–Crippen MR) is 73.7 cm³/mol. The molecule has 0 fully saturated rings. The number of carbonyl (C=O) groups is 1. The van der Waals surface area contributed by atoms with Crippen LogP contribution < -0.4 is 5.73 Å². The Morgan fingerprint density at radius 2 is 2.44 bits per heavy atom. The smallest absolute Gasteiger partial charge is 0.228 e. The highest BCUT2D eigenvalue weighted by atomic mass is 32.1. The summed E-state index contributed by atoms with van der Waals surface area (Å²) in [4.78, 5) is 20.6. The first-order valence-corrected chi connectivity index (χ1v) is 7.46. The fourth-order valence-corrected chi connectivity index (χ4v) is 3.69. The third kappa shape index (κ3) is 2.26. The summed E-state index contributed by atoms with van der Waals surface area (Å²) in [6.45, 7) is 1.41. The molecule has 0 spiro atoms. The van der Waals surface area contributed by atoms with E-state index < -0.39 is 0 Å². The van der Waals surface area contributed by atoms with Crippen molar-refractivity contribution < 1.29 is 4.79 Å². The number of aromatic nitrogens is 1. The predicted octanol–water partition coefficient (Wildman–Crippen LogP) is 1.91. The van der Waals surface area contributed by atoms with Crippen molar-refractivity contribution in [2.75, 3.05) is 12.3 Å². The van der Waals surface area contributed by atoms with E-state index in [0.29, 0.717) is 18.1 Å². The number of nitrogens with two attached hydrogens (primary N) is 1. The van der Waals surface area contributed by atoms with Crippen molar-refractivity contribution in [3.8, 4) is 0 Å². The van der Waals surface area contributed by atoms with Crippen molar-refractivity contribution >= 4 is 33.7 Å². The van der Waals surface area contributed by atoms with Gasteiger partial charge in [0.1, 0.15) is 0 Å². The quantitative estimate of drug-likeness (QED) is 0.913. The van der Waals surface area contributed by atoms with Crippen molar-refractivity contribution in [1.29, 1.82) is 0 Å². The zero-order valence-corrected chi connectivity index (χ0v) is 11.4. The van der Waals surface area contributed by atoms with Crippen LogP contribution in [0.25, 0.3) is 0 Å². The molecule has 1 amide bonds. The molecule has 18 heavy (non-hydrogen) atoms. The molecule has 0 radical (unpaired) electrons. The van der Waals surface area contributed by atoms with E-state index in [-0.39, 0.29) is 5.91 Å². The van der Waals surface area contributed by atoms with Crippen LogP contribution in [0.2, 0.25) is 0 Å². The van der Waals surface area contributed by atoms with Crippen LogP contribution in [0, 0.1) is 0 Å². The summed E-state index contributed by atoms with van der Waals surface area (Å²) >= 11 is 3.12. The van der Waals surface area contributed by atoms with Crippen molar-refractivity contribution in [3.63, 3.8) is 0 Å². The lowest BCUT2D eigenvalue weighted by atomic mass is 10.1. The van der Waals surface area contributed by atoms with Gasteiger partial charge in [0.15, 0.2) is 5.13 Å². The van der Waals surface area contributed by atoms with Crippen molar-refractivity contribution in [2.45, 2.75) is 19.4 Å². The zero-order valence-electron chi connectivity index (χ0n) is 9.76. The number of amides is 1. The van der Waals surface area contributed by atoms with E-state index >= 15 is 0 Å². The van der Waals surface area contributed by atoms with Gasteiger partial charge in [-0.3, -0.25) is 4.79 Å². The summed E-state index contributed by atoms with van der Waals surface area (Å²) in [6.07, 6.45) is 1.32. The van der Waals surface area contributed by atoms with Crippen LogP contribution in [0.5, 0.6) is 0 Å². The van der Waals surface area contributed by atoms with Crippen LogP contribution in [0.4, 0.5) is 5.13 Å². The summed E-state index contributed by atoms with van der Waals surface area (Å²) in [5.41, 5.74) is 6.76. The van der Waals surface area contributed by atoms with Crippen molar-refractivity contribution in [1.82, 2.24) is 9.88 Å². The van der Waals surface area contributed by atoms with Gasteiger partial charge in [-0.15, -0.1) is 22.7 Å². The molecule has 3 rings (SSSR count). The van der Waals surface area contributed by atoms with Gasteiger partial charge in [-0.1, -0.05) is 6.07 Å². The molecule has 1 aliphatic rings. The molecule has 0 saturated carbocycles. The highest BCUT2D eigenvalue weighted by molar-refractivity contribution is 7.15. The molecule has 0 atom stereocenters. The third-order valence-corrected chi connectivity index (χ3v) is 4.79. The van der Waals surface area contributed by atoms with Gasteiger partial charge in [0.25, 0.3) is 0 Å². The molecule has 0 bridgehead atoms. The maximum absolute atomic E-state index is 12.2. The van der Waals surface area contributed by atoms with Crippen LogP contribution in [0.3, 0.4) is 0 Å². The molecule has 0 aliphatic carbocycles. The van der Waals surface area contributed by atoms with E-state index in [9.17, 15) is 4.79 Å². The Morgan fingerprint density at radius 3 is 3.22 bits per heavy atom. The van der Waals surface area contributed by atoms with Gasteiger partial charge in [0.05, 0.1) is 18.7 Å². The zero-order chi connectivity index (χ0) is 12.5. The fourth-order valence-electron chi connectivity index (χ4n) is 2.10. The third-order valence-electron chi connectivity index (χ3n) is 3.01. The van der Waals surface area contributed by atoms with E-state index in [1.54, 1.807) is 11.3 Å². The van der Waals surface area contributed by atoms with E-state index in [1.165, 1.54) is 11.3 Å². The van der Waals surface area contributed by atoms with Crippen LogP contribution in [0.15, 0.2) is 17.5 Å². The molecular weight excluding hydrogens is 266 g/mol. The number of hydrogen-bond donors (Lipinski definition) is 1. The average molecular weight is 279 g/mol. The minimum Gasteiger partial charge on any atom is -0.375 e. The SMILES string of the molecule is Nc1nc2c(s1)CN(C(=O)Cc1cccs1)CC2. The minimum atomic E-state index is 0.190. The van der Waals surface area contributed by atoms with E-state index in [0.717, 1.165) is 28.4 Å². The second-order valence-electron chi connectivity index (χ2n) is 4.24. The summed E-state index contributed by atoms with van der Waals surface area (Å²) in [5.74, 6) is 0.190. The Hall–Kier alpha value is -1.40. The Labute approximate surface area is 113 Å². The van der Waals surface area contributed by atoms with Crippen LogP contribution in [0.1, 0.15) is 15.4 Å². The Bertz CT molecular complexity index is 562. The molecule has 2 aromatic heterocycles. The van der Waals surface area contributed by atoms with E-state index in [1.807, 2.05) is 22.4 Å². The van der Waals surface area contributed by atoms with E-state index in [2.05, 4.69) is 4.98 Å². The number of rotatable bonds is 2. The molecule has 1 aliphatic heterocycles. The molecule has 2 N–H and O–H groups in total. The Kier molecular flexibility index (Phi) is 3.05. The first-order valence-electron chi connectivity index (χ1n) is 5.76. The summed E-state index contributed by atoms with van der Waals surface area (Å²) in [7, 11) is 0. The second kappa shape index (κ2) is 4.70. The lowest BCUT2D eigenvalue weighted by Crippen LogP contribution is -2.36. The first-order chi connectivity index (χ1) is 8.72. The number of anilines is 1. The lowest BCUT2D eigenvalue weighted by Gasteiger charge is -2.25. The fraction of sp³-hybridized carbons (Fsp3) is 0.333. The molecule has 2 aromatic rings. The molecule has 0 aromatic carbocycles. The maximum Gasteiger partial charge on any atom is 0.228 e. The van der Waals surface area contributed by atoms with Gasteiger partial charge < -0.3 is 10.6 Å². The minimum absolute atomic E-state index is 0.190. The number of nitrogens with zero attached hydrogens (tertiary/aromatic N) is 2. The van der Waals surface area contributed by atoms with Gasteiger partial charge in [0, 0.05) is 22.7 Å². The standard InChI is InChI=1S/C12H13N3OS2/c13-12-14-9-3-4-15(7-10(9)18-12)11(16)6-8-2-1-5-17-8/h1-2,5H,3-4,6-7H2,(H2,13,14). The van der Waals surface area contributed by atoms with Gasteiger partial charge >= 0.3 is 0 Å². The molecular formula is C12H13N3OS2. The molecule has 4 nitrogen and oxygen atoms in total. The van der Waals surface area contributed by atoms with Crippen molar-refractivity contribution in [3.05, 3.63) is 33.0 Å². The molecule has 94 valence electrons. The number of thiophene rings is 1. The number of thiazole rings is 1. The number of fused-ring (bicyclic) bond motifs is 1. The molecule has 3 heterocycles. The highest BCUT2D eigenvalue weighted by Crippen LogP contribution is 2.26. The normalized spacial score (nSPS) is 14.6. The van der Waals surface area contributed by atoms with Crippen LogP contribution in [-0.2, 0) is 24.2 Å². The van der Waals surface area contributed by atoms with Gasteiger partial charge in [-0.2, -0.15) is 0 Å². The number of nitrogen functional groups attached to an aromatic ring is 1. The Balaban J connectivity index is 1.70. The largest absolute Gasteiger partial charge is 0.375 e. The molecule has 6 heteroatoms. The lowest BCUT2D eigenvalue weighted by molar-refractivity contribution is -0.131. The highest BCUT2D eigenvalue weighted by Gasteiger charge is 2.23. The number of carbonyl (C=O) groups excluding carboxylic acids is 1. The summed E-state index contributed by atoms with van der Waals surface area (Å²) < 4.78 is 0. The summed E-state index contributed by atoms with van der Waals surface area (Å²) in [5, 5.41) is 2.61. The summed E-state index contributed by atoms with van der Waals surface area (Å²) in [6, 6.07) is 3.98. The van der Waals surface area contributed by atoms with Crippen LogP contribution >= 0.6 is 22.7 Å². The monoisotopic (exact) mass is 279 g/mol. The van der Waals surface area contributed by atoms with Crippen molar-refractivity contribution in [2.24, 2.45) is 0 Å². The maximum atomic E-state index is 12.2. The second-order valence-corrected chi connectivity index (χ2v) is 6.39. The first kappa shape index (κ1) is 11.7. The van der Waals surface area contributed by atoms with Gasteiger partial charge in [0.2, 0.25) is 5.91 Å². The molecule has 0 saturated heterocycles. The van der Waals surface area contributed by atoms with Gasteiger partial charge in [-0.05, 0) is 11.4 Å². The van der Waals surface area contributed by atoms with E-state index in [4.69, 9.17) is 5.73 Å². The molecule has 0 unspecified atom stereocenters. The average Bonchev–Trinajstić information content (AvgIpc) is 2.95. The van der Waals surface area contributed by atoms with Gasteiger partial charge in [-0.25, -0.2) is 4.98 Å². The number of hydrogen-bond acceptors (Lipinski definition) is 5. The van der Waals surface area contributed by atoms with Crippen LogP contribution in [-0.4, -0.2) is 22.3 Å². The Morgan fingerprint density at radius 1 is 1.56 bits per heavy atom. The topological polar surface area (TPSA) is 59.2 Å².